The number of carbonyl (C=O) groups is 2. The van der Waals surface area contributed by atoms with Crippen LogP contribution in [0.2, 0.25) is 0 Å². The topological polar surface area (TPSA) is 66.8 Å². The fourth-order valence-corrected chi connectivity index (χ4v) is 3.04. The van der Waals surface area contributed by atoms with Crippen molar-refractivity contribution in [3.63, 3.8) is 0 Å². The summed E-state index contributed by atoms with van der Waals surface area (Å²) in [6.07, 6.45) is -0.899. The number of rotatable bonds is 3. The zero-order valence-corrected chi connectivity index (χ0v) is 13.5. The maximum Gasteiger partial charge on any atom is 0.334 e. The molecule has 1 aromatic rings. The van der Waals surface area contributed by atoms with Gasteiger partial charge in [-0.05, 0) is 44.4 Å². The predicted molar refractivity (Wildman–Crippen MR) is 82.9 cm³/mol. The Morgan fingerprint density at radius 3 is 2.36 bits per heavy atom. The molecule has 2 rings (SSSR count). The number of carboxylic acids is 1. The van der Waals surface area contributed by atoms with Crippen molar-refractivity contribution in [3.8, 4) is 0 Å². The van der Waals surface area contributed by atoms with Crippen LogP contribution in [0.1, 0.15) is 29.2 Å². The van der Waals surface area contributed by atoms with E-state index in [4.69, 9.17) is 9.84 Å². The van der Waals surface area contributed by atoms with E-state index in [1.807, 2.05) is 20.8 Å². The summed E-state index contributed by atoms with van der Waals surface area (Å²) in [6.45, 7) is 8.38. The maximum atomic E-state index is 12.5. The molecule has 1 heterocycles. The molecule has 0 saturated carbocycles. The Kier molecular flexibility index (Phi) is 4.86. The normalized spacial score (nSPS) is 21.7. The standard InChI is InChI=1S/C17H23NO4/c1-10-5-11(2)14(12(3)6-10)7-16(19)18-8-13(4)22-15(9-18)17(20)21/h5-6,13,15H,7-9H2,1-4H3,(H,20,21)/t13-,15?/m1/s1. The number of morpholine rings is 1. The number of hydrogen-bond acceptors (Lipinski definition) is 3. The lowest BCUT2D eigenvalue weighted by molar-refractivity contribution is -0.166. The summed E-state index contributed by atoms with van der Waals surface area (Å²) in [4.78, 5) is 25.3. The first-order valence-corrected chi connectivity index (χ1v) is 7.50. The minimum absolute atomic E-state index is 0.0450. The molecule has 1 aliphatic rings. The van der Waals surface area contributed by atoms with Gasteiger partial charge >= 0.3 is 5.97 Å². The molecule has 1 aromatic carbocycles. The van der Waals surface area contributed by atoms with E-state index in [2.05, 4.69) is 12.1 Å². The number of benzene rings is 1. The lowest BCUT2D eigenvalue weighted by Gasteiger charge is -2.35. The Morgan fingerprint density at radius 2 is 1.82 bits per heavy atom. The first kappa shape index (κ1) is 16.5. The lowest BCUT2D eigenvalue weighted by atomic mass is 9.96. The van der Waals surface area contributed by atoms with Crippen LogP contribution in [-0.4, -0.2) is 47.2 Å². The Bertz CT molecular complexity index is 573. The Labute approximate surface area is 130 Å². The summed E-state index contributed by atoms with van der Waals surface area (Å²) >= 11 is 0. The zero-order valence-electron chi connectivity index (χ0n) is 13.5. The average molecular weight is 305 g/mol. The van der Waals surface area contributed by atoms with E-state index in [1.54, 1.807) is 11.8 Å². The minimum atomic E-state index is -1.02. The molecule has 0 spiro atoms. The molecule has 1 saturated heterocycles. The van der Waals surface area contributed by atoms with Gasteiger partial charge in [0.2, 0.25) is 5.91 Å². The van der Waals surface area contributed by atoms with E-state index in [0.29, 0.717) is 13.0 Å². The van der Waals surface area contributed by atoms with Crippen molar-refractivity contribution in [2.75, 3.05) is 13.1 Å². The molecular weight excluding hydrogens is 282 g/mol. The summed E-state index contributed by atoms with van der Waals surface area (Å²) in [5.41, 5.74) is 4.41. The van der Waals surface area contributed by atoms with Crippen LogP contribution in [0.25, 0.3) is 0 Å². The van der Waals surface area contributed by atoms with Gasteiger partial charge in [-0.25, -0.2) is 4.79 Å². The second-order valence-corrected chi connectivity index (χ2v) is 6.13. The molecule has 0 bridgehead atoms. The van der Waals surface area contributed by atoms with Gasteiger partial charge in [0.05, 0.1) is 19.1 Å². The lowest BCUT2D eigenvalue weighted by Crippen LogP contribution is -2.52. The number of ether oxygens (including phenoxy) is 1. The van der Waals surface area contributed by atoms with Crippen LogP contribution in [0.4, 0.5) is 0 Å². The number of nitrogens with zero attached hydrogens (tertiary/aromatic N) is 1. The molecule has 0 aromatic heterocycles. The number of carboxylic acid groups (broad SMARTS) is 1. The highest BCUT2D eigenvalue weighted by Crippen LogP contribution is 2.19. The molecule has 1 unspecified atom stereocenters. The molecule has 120 valence electrons. The molecule has 1 N–H and O–H groups in total. The van der Waals surface area contributed by atoms with Crippen LogP contribution in [0, 0.1) is 20.8 Å². The van der Waals surface area contributed by atoms with Crippen molar-refractivity contribution in [3.05, 3.63) is 34.4 Å². The highest BCUT2D eigenvalue weighted by Gasteiger charge is 2.32. The number of hydrogen-bond donors (Lipinski definition) is 1. The summed E-state index contributed by atoms with van der Waals surface area (Å²) in [5, 5.41) is 9.10. The predicted octanol–water partition coefficient (Wildman–Crippen LogP) is 1.85. The van der Waals surface area contributed by atoms with Crippen LogP contribution in [0.5, 0.6) is 0 Å². The summed E-state index contributed by atoms with van der Waals surface area (Å²) in [5.74, 6) is -1.07. The first-order chi connectivity index (χ1) is 10.3. The SMILES string of the molecule is Cc1cc(C)c(CC(=O)N2CC(C(=O)O)O[C@H](C)C2)c(C)c1. The number of aliphatic carboxylic acids is 1. The molecular formula is C17H23NO4. The van der Waals surface area contributed by atoms with Crippen molar-refractivity contribution in [1.82, 2.24) is 4.90 Å². The van der Waals surface area contributed by atoms with E-state index in [1.165, 1.54) is 5.56 Å². The third kappa shape index (κ3) is 3.65. The maximum absolute atomic E-state index is 12.5. The highest BCUT2D eigenvalue weighted by molar-refractivity contribution is 5.81. The summed E-state index contributed by atoms with van der Waals surface area (Å²) in [6, 6.07) is 4.13. The minimum Gasteiger partial charge on any atom is -0.479 e. The van der Waals surface area contributed by atoms with Gasteiger partial charge in [0, 0.05) is 6.54 Å². The number of carbonyl (C=O) groups excluding carboxylic acids is 1. The van der Waals surface area contributed by atoms with E-state index in [-0.39, 0.29) is 18.6 Å². The van der Waals surface area contributed by atoms with Crippen LogP contribution in [0.3, 0.4) is 0 Å². The molecule has 1 aliphatic heterocycles. The number of amides is 1. The molecule has 1 fully saturated rings. The van der Waals surface area contributed by atoms with Gasteiger partial charge in [0.25, 0.3) is 0 Å². The van der Waals surface area contributed by atoms with Gasteiger partial charge in [-0.1, -0.05) is 17.7 Å². The first-order valence-electron chi connectivity index (χ1n) is 7.50. The number of aryl methyl sites for hydroxylation is 3. The molecule has 0 radical (unpaired) electrons. The van der Waals surface area contributed by atoms with Crippen LogP contribution in [0.15, 0.2) is 12.1 Å². The summed E-state index contributed by atoms with van der Waals surface area (Å²) < 4.78 is 5.35. The zero-order chi connectivity index (χ0) is 16.4. The van der Waals surface area contributed by atoms with Crippen molar-refractivity contribution in [2.45, 2.75) is 46.3 Å². The molecule has 5 heteroatoms. The average Bonchev–Trinajstić information content (AvgIpc) is 2.41. The molecule has 0 aliphatic carbocycles. The van der Waals surface area contributed by atoms with Crippen LogP contribution < -0.4 is 0 Å². The van der Waals surface area contributed by atoms with E-state index < -0.39 is 12.1 Å². The smallest absolute Gasteiger partial charge is 0.334 e. The van der Waals surface area contributed by atoms with E-state index >= 15 is 0 Å². The second kappa shape index (κ2) is 6.48. The fraction of sp³-hybridized carbons (Fsp3) is 0.529. The summed E-state index contributed by atoms with van der Waals surface area (Å²) in [7, 11) is 0. The van der Waals surface area contributed by atoms with Gasteiger partial charge in [-0.2, -0.15) is 0 Å². The van der Waals surface area contributed by atoms with E-state index in [0.717, 1.165) is 16.7 Å². The van der Waals surface area contributed by atoms with Crippen LogP contribution in [-0.2, 0) is 20.7 Å². The second-order valence-electron chi connectivity index (χ2n) is 6.13. The van der Waals surface area contributed by atoms with Gasteiger partial charge < -0.3 is 14.7 Å². The van der Waals surface area contributed by atoms with Gasteiger partial charge in [-0.3, -0.25) is 4.79 Å². The molecule has 5 nitrogen and oxygen atoms in total. The third-order valence-electron chi connectivity index (χ3n) is 4.06. The van der Waals surface area contributed by atoms with Crippen molar-refractivity contribution in [1.29, 1.82) is 0 Å². The van der Waals surface area contributed by atoms with E-state index in [9.17, 15) is 9.59 Å². The largest absolute Gasteiger partial charge is 0.479 e. The van der Waals surface area contributed by atoms with Crippen molar-refractivity contribution in [2.24, 2.45) is 0 Å². The highest BCUT2D eigenvalue weighted by atomic mass is 16.5. The monoisotopic (exact) mass is 305 g/mol. The van der Waals surface area contributed by atoms with Crippen molar-refractivity contribution < 1.29 is 19.4 Å². The van der Waals surface area contributed by atoms with Gasteiger partial charge in [0.15, 0.2) is 6.10 Å². The Morgan fingerprint density at radius 1 is 1.23 bits per heavy atom. The fourth-order valence-electron chi connectivity index (χ4n) is 3.04. The molecule has 1 amide bonds. The van der Waals surface area contributed by atoms with Gasteiger partial charge in [0.1, 0.15) is 0 Å². The van der Waals surface area contributed by atoms with Gasteiger partial charge in [-0.15, -0.1) is 0 Å². The van der Waals surface area contributed by atoms with Crippen molar-refractivity contribution >= 4 is 11.9 Å². The quantitative estimate of drug-likeness (QED) is 0.925. The molecule has 22 heavy (non-hydrogen) atoms. The Hall–Kier alpha value is -1.88. The third-order valence-corrected chi connectivity index (χ3v) is 4.06. The molecule has 2 atom stereocenters. The van der Waals surface area contributed by atoms with Crippen LogP contribution >= 0.6 is 0 Å². The Balaban J connectivity index is 2.13.